The number of benzene rings is 1. The van der Waals surface area contributed by atoms with Crippen molar-refractivity contribution < 1.29 is 22.7 Å². The van der Waals surface area contributed by atoms with Crippen molar-refractivity contribution in [3.8, 4) is 11.3 Å². The number of nitrogens with zero attached hydrogens (tertiary/aromatic N) is 4. The van der Waals surface area contributed by atoms with Crippen LogP contribution in [0.3, 0.4) is 0 Å². The molecule has 0 bridgehead atoms. The van der Waals surface area contributed by atoms with E-state index >= 15 is 0 Å². The van der Waals surface area contributed by atoms with Gasteiger partial charge < -0.3 is 4.74 Å². The molecule has 0 unspecified atom stereocenters. The molecule has 2 aromatic rings. The van der Waals surface area contributed by atoms with Crippen molar-refractivity contribution >= 4 is 17.5 Å². The summed E-state index contributed by atoms with van der Waals surface area (Å²) in [7, 11) is 0. The van der Waals surface area contributed by atoms with Gasteiger partial charge in [0.2, 0.25) is 0 Å². The van der Waals surface area contributed by atoms with Gasteiger partial charge in [0.1, 0.15) is 5.60 Å². The molecule has 7 nitrogen and oxygen atoms in total. The molecule has 1 N–H and O–H groups in total. The molecular weight excluding hydrogens is 363 g/mol. The first-order valence-corrected chi connectivity index (χ1v) is 7.72. The van der Waals surface area contributed by atoms with E-state index in [4.69, 9.17) is 10.3 Å². The Morgan fingerprint density at radius 2 is 1.96 bits per heavy atom. The van der Waals surface area contributed by atoms with Crippen LogP contribution in [0, 0.1) is 0 Å². The Morgan fingerprint density at radius 1 is 1.26 bits per heavy atom. The molecule has 10 heteroatoms. The quantitative estimate of drug-likeness (QED) is 0.399. The summed E-state index contributed by atoms with van der Waals surface area (Å²) >= 11 is 0. The Balaban J connectivity index is 2.38. The Hall–Kier alpha value is -3.26. The van der Waals surface area contributed by atoms with Crippen LogP contribution in [0.25, 0.3) is 21.7 Å². The maximum absolute atomic E-state index is 12.9. The Kier molecular flexibility index (Phi) is 5.61. The number of carbonyl (C=O) groups is 1. The first-order valence-electron chi connectivity index (χ1n) is 7.72. The maximum Gasteiger partial charge on any atom is 0.416 e. The van der Waals surface area contributed by atoms with Gasteiger partial charge in [0, 0.05) is 10.5 Å². The van der Waals surface area contributed by atoms with Crippen LogP contribution < -0.4 is 5.32 Å². The monoisotopic (exact) mass is 379 g/mol. The van der Waals surface area contributed by atoms with Crippen molar-refractivity contribution in [1.82, 2.24) is 4.98 Å². The van der Waals surface area contributed by atoms with Crippen molar-refractivity contribution in [2.45, 2.75) is 32.5 Å². The topological polar surface area (TPSA) is 100.0 Å². The zero-order valence-corrected chi connectivity index (χ0v) is 14.7. The lowest BCUT2D eigenvalue weighted by Crippen LogP contribution is -2.27. The number of pyridine rings is 1. The summed E-state index contributed by atoms with van der Waals surface area (Å²) in [5.41, 5.74) is 7.54. The third-order valence-electron chi connectivity index (χ3n) is 3.16. The second kappa shape index (κ2) is 7.55. The van der Waals surface area contributed by atoms with Gasteiger partial charge >= 0.3 is 12.3 Å². The number of aromatic nitrogens is 1. The van der Waals surface area contributed by atoms with Crippen molar-refractivity contribution in [3.63, 3.8) is 0 Å². The average Bonchev–Trinajstić information content (AvgIpc) is 2.54. The fraction of sp³-hybridized carbons (Fsp3) is 0.294. The summed E-state index contributed by atoms with van der Waals surface area (Å²) in [6, 6.07) is 5.85. The number of anilines is 1. The molecule has 0 atom stereocenters. The number of rotatable bonds is 3. The Bertz CT molecular complexity index is 900. The molecular formula is C17H16F3N5O2. The zero-order chi connectivity index (χ0) is 20.2. The number of hydrogen-bond acceptors (Lipinski definition) is 4. The molecule has 0 saturated carbocycles. The van der Waals surface area contributed by atoms with Gasteiger partial charge in [0.15, 0.2) is 0 Å². The van der Waals surface area contributed by atoms with E-state index in [9.17, 15) is 18.0 Å². The van der Waals surface area contributed by atoms with Crippen LogP contribution in [0.15, 0.2) is 41.6 Å². The number of amides is 1. The lowest BCUT2D eigenvalue weighted by molar-refractivity contribution is -0.137. The summed E-state index contributed by atoms with van der Waals surface area (Å²) in [5.74, 6) is 0. The highest BCUT2D eigenvalue weighted by atomic mass is 19.4. The molecule has 0 fully saturated rings. The molecule has 27 heavy (non-hydrogen) atoms. The van der Waals surface area contributed by atoms with Gasteiger partial charge in [-0.2, -0.15) is 13.2 Å². The minimum absolute atomic E-state index is 0.00855. The number of hydrogen-bond donors (Lipinski definition) is 1. The van der Waals surface area contributed by atoms with Gasteiger partial charge in [0.05, 0.1) is 28.8 Å². The van der Waals surface area contributed by atoms with E-state index in [0.29, 0.717) is 0 Å². The minimum atomic E-state index is -4.50. The summed E-state index contributed by atoms with van der Waals surface area (Å²) in [4.78, 5) is 18.6. The van der Waals surface area contributed by atoms with Crippen molar-refractivity contribution in [2.24, 2.45) is 5.11 Å². The lowest BCUT2D eigenvalue weighted by Gasteiger charge is -2.20. The normalized spacial score (nSPS) is 11.5. The van der Waals surface area contributed by atoms with E-state index < -0.39 is 23.4 Å². The largest absolute Gasteiger partial charge is 0.444 e. The maximum atomic E-state index is 12.9. The summed E-state index contributed by atoms with van der Waals surface area (Å²) < 4.78 is 43.7. The molecule has 1 aromatic carbocycles. The standard InChI is InChI=1S/C17H16F3N5O2/c1-16(2,3)27-15(26)23-14-9-22-12(8-13(14)24-25-21)10-5-4-6-11(7-10)17(18,19)20/h4-9H,1-3H3,(H,23,26). The first-order chi connectivity index (χ1) is 12.5. The smallest absolute Gasteiger partial charge is 0.416 e. The predicted molar refractivity (Wildman–Crippen MR) is 93.3 cm³/mol. The van der Waals surface area contributed by atoms with Crippen LogP contribution in [0.5, 0.6) is 0 Å². The fourth-order valence-corrected chi connectivity index (χ4v) is 2.10. The van der Waals surface area contributed by atoms with Crippen LogP contribution in [-0.2, 0) is 10.9 Å². The molecule has 0 aliphatic carbocycles. The van der Waals surface area contributed by atoms with E-state index in [2.05, 4.69) is 20.3 Å². The van der Waals surface area contributed by atoms with E-state index in [0.717, 1.165) is 12.1 Å². The highest BCUT2D eigenvalue weighted by molar-refractivity contribution is 5.89. The molecule has 0 spiro atoms. The third-order valence-corrected chi connectivity index (χ3v) is 3.16. The number of azide groups is 1. The third kappa shape index (κ3) is 5.61. The lowest BCUT2D eigenvalue weighted by atomic mass is 10.1. The summed E-state index contributed by atoms with van der Waals surface area (Å²) in [6.07, 6.45) is -4.10. The number of nitrogens with one attached hydrogen (secondary N) is 1. The molecule has 2 rings (SSSR count). The van der Waals surface area contributed by atoms with Gasteiger partial charge in [-0.25, -0.2) is 4.79 Å². The Morgan fingerprint density at radius 3 is 2.56 bits per heavy atom. The molecule has 0 saturated heterocycles. The van der Waals surface area contributed by atoms with E-state index in [1.54, 1.807) is 20.8 Å². The number of alkyl halides is 3. The van der Waals surface area contributed by atoms with Gasteiger partial charge in [0.25, 0.3) is 0 Å². The molecule has 0 radical (unpaired) electrons. The van der Waals surface area contributed by atoms with Gasteiger partial charge in [-0.3, -0.25) is 10.3 Å². The van der Waals surface area contributed by atoms with Crippen LogP contribution in [0.2, 0.25) is 0 Å². The molecule has 0 aliphatic heterocycles. The van der Waals surface area contributed by atoms with Crippen molar-refractivity contribution in [2.75, 3.05) is 5.32 Å². The van der Waals surface area contributed by atoms with Crippen molar-refractivity contribution in [3.05, 3.63) is 52.5 Å². The molecule has 0 aliphatic rings. The Labute approximate surface area is 152 Å². The van der Waals surface area contributed by atoms with Crippen LogP contribution in [0.4, 0.5) is 29.3 Å². The molecule has 1 heterocycles. The minimum Gasteiger partial charge on any atom is -0.444 e. The second-order valence-electron chi connectivity index (χ2n) is 6.48. The van der Waals surface area contributed by atoms with Crippen LogP contribution >= 0.6 is 0 Å². The molecule has 142 valence electrons. The predicted octanol–water partition coefficient (Wildman–Crippen LogP) is 6.06. The van der Waals surface area contributed by atoms with E-state index in [-0.39, 0.29) is 22.6 Å². The number of ether oxygens (including phenoxy) is 1. The average molecular weight is 379 g/mol. The fourth-order valence-electron chi connectivity index (χ4n) is 2.10. The summed E-state index contributed by atoms with van der Waals surface area (Å²) in [5, 5.41) is 5.86. The van der Waals surface area contributed by atoms with E-state index in [1.807, 2.05) is 0 Å². The van der Waals surface area contributed by atoms with Gasteiger partial charge in [-0.05, 0) is 44.5 Å². The number of halogens is 3. The first kappa shape index (κ1) is 20.1. The molecule has 1 aromatic heterocycles. The molecule has 1 amide bonds. The van der Waals surface area contributed by atoms with Crippen LogP contribution in [0.1, 0.15) is 26.3 Å². The highest BCUT2D eigenvalue weighted by Crippen LogP contribution is 2.34. The second-order valence-corrected chi connectivity index (χ2v) is 6.48. The highest BCUT2D eigenvalue weighted by Gasteiger charge is 2.30. The summed E-state index contributed by atoms with van der Waals surface area (Å²) in [6.45, 7) is 5.03. The van der Waals surface area contributed by atoms with Crippen molar-refractivity contribution in [1.29, 1.82) is 0 Å². The van der Waals surface area contributed by atoms with E-state index in [1.165, 1.54) is 24.4 Å². The number of carbonyl (C=O) groups excluding carboxylic acids is 1. The van der Waals surface area contributed by atoms with Gasteiger partial charge in [-0.1, -0.05) is 17.2 Å². The van der Waals surface area contributed by atoms with Crippen LogP contribution in [-0.4, -0.2) is 16.7 Å². The SMILES string of the molecule is CC(C)(C)OC(=O)Nc1cnc(-c2cccc(C(F)(F)F)c2)cc1N=[N+]=[N-]. The zero-order valence-electron chi connectivity index (χ0n) is 14.7. The van der Waals surface area contributed by atoms with Gasteiger partial charge in [-0.15, -0.1) is 0 Å².